The summed E-state index contributed by atoms with van der Waals surface area (Å²) in [5.74, 6) is -1.08. The normalized spacial score (nSPS) is 11.2. The third-order valence-corrected chi connectivity index (χ3v) is 2.83. The standard InChI is InChI=1S/C11H16N2O4/c1-4-11(5-2,10(15)16)12-9(14)8-6-7(3)17-13-8/h6H,4-5H2,1-3H3,(H,12,14)(H,15,16). The van der Waals surface area contributed by atoms with Crippen molar-refractivity contribution in [2.75, 3.05) is 0 Å². The van der Waals surface area contributed by atoms with Crippen molar-refractivity contribution < 1.29 is 19.2 Å². The van der Waals surface area contributed by atoms with Gasteiger partial charge in [0.2, 0.25) is 0 Å². The maximum absolute atomic E-state index is 11.8. The molecule has 0 radical (unpaired) electrons. The highest BCUT2D eigenvalue weighted by atomic mass is 16.5. The quantitative estimate of drug-likeness (QED) is 0.810. The SMILES string of the molecule is CCC(CC)(NC(=O)c1cc(C)on1)C(=O)O. The smallest absolute Gasteiger partial charge is 0.329 e. The number of carbonyl (C=O) groups is 2. The number of aromatic nitrogens is 1. The predicted octanol–water partition coefficient (Wildman–Crippen LogP) is 1.36. The first-order valence-corrected chi connectivity index (χ1v) is 5.44. The molecule has 6 nitrogen and oxygen atoms in total. The van der Waals surface area contributed by atoms with Crippen LogP contribution in [0.25, 0.3) is 0 Å². The molecule has 94 valence electrons. The molecule has 0 aliphatic heterocycles. The summed E-state index contributed by atoms with van der Waals surface area (Å²) in [7, 11) is 0. The van der Waals surface area contributed by atoms with Crippen molar-refractivity contribution in [1.29, 1.82) is 0 Å². The highest BCUT2D eigenvalue weighted by Gasteiger charge is 2.37. The highest BCUT2D eigenvalue weighted by molar-refractivity contribution is 5.96. The molecule has 0 aliphatic carbocycles. The Balaban J connectivity index is 2.88. The molecule has 1 rings (SSSR count). The molecule has 17 heavy (non-hydrogen) atoms. The first-order valence-electron chi connectivity index (χ1n) is 5.44. The van der Waals surface area contributed by atoms with Gasteiger partial charge in [0, 0.05) is 6.07 Å². The van der Waals surface area contributed by atoms with Crippen LogP contribution in [0.2, 0.25) is 0 Å². The van der Waals surface area contributed by atoms with Crippen LogP contribution in [-0.4, -0.2) is 27.7 Å². The number of carbonyl (C=O) groups excluding carboxylic acids is 1. The lowest BCUT2D eigenvalue weighted by Crippen LogP contribution is -2.53. The van der Waals surface area contributed by atoms with Crippen LogP contribution in [0, 0.1) is 6.92 Å². The Kier molecular flexibility index (Phi) is 3.88. The minimum absolute atomic E-state index is 0.0926. The van der Waals surface area contributed by atoms with Gasteiger partial charge < -0.3 is 14.9 Å². The lowest BCUT2D eigenvalue weighted by Gasteiger charge is -2.27. The number of hydrogen-bond acceptors (Lipinski definition) is 4. The molecule has 0 atom stereocenters. The van der Waals surface area contributed by atoms with E-state index in [1.165, 1.54) is 6.07 Å². The van der Waals surface area contributed by atoms with Crippen molar-refractivity contribution in [3.05, 3.63) is 17.5 Å². The topological polar surface area (TPSA) is 92.4 Å². The molecule has 1 aromatic rings. The Morgan fingerprint density at radius 1 is 1.47 bits per heavy atom. The summed E-state index contributed by atoms with van der Waals surface area (Å²) in [6.45, 7) is 5.09. The Bertz CT molecular complexity index is 421. The molecule has 0 fully saturated rings. The minimum atomic E-state index is -1.25. The van der Waals surface area contributed by atoms with E-state index in [-0.39, 0.29) is 5.69 Å². The van der Waals surface area contributed by atoms with Gasteiger partial charge in [-0.3, -0.25) is 4.79 Å². The molecular weight excluding hydrogens is 224 g/mol. The second-order valence-corrected chi connectivity index (χ2v) is 3.87. The zero-order valence-electron chi connectivity index (χ0n) is 10.1. The third kappa shape index (κ3) is 2.64. The van der Waals surface area contributed by atoms with Crippen LogP contribution in [0.4, 0.5) is 0 Å². The van der Waals surface area contributed by atoms with Gasteiger partial charge in [-0.1, -0.05) is 19.0 Å². The maximum atomic E-state index is 11.8. The second-order valence-electron chi connectivity index (χ2n) is 3.87. The zero-order chi connectivity index (χ0) is 13.1. The molecule has 2 N–H and O–H groups in total. The van der Waals surface area contributed by atoms with Crippen molar-refractivity contribution in [1.82, 2.24) is 10.5 Å². The van der Waals surface area contributed by atoms with E-state index in [4.69, 9.17) is 9.63 Å². The fraction of sp³-hybridized carbons (Fsp3) is 0.545. The summed E-state index contributed by atoms with van der Waals surface area (Å²) in [6.07, 6.45) is 0.614. The Labute approximate surface area is 99.0 Å². The third-order valence-electron chi connectivity index (χ3n) is 2.83. The van der Waals surface area contributed by atoms with E-state index >= 15 is 0 Å². The number of carboxylic acid groups (broad SMARTS) is 1. The Hall–Kier alpha value is -1.85. The van der Waals surface area contributed by atoms with Crippen molar-refractivity contribution >= 4 is 11.9 Å². The Morgan fingerprint density at radius 3 is 2.41 bits per heavy atom. The number of nitrogens with one attached hydrogen (secondary N) is 1. The molecule has 1 heterocycles. The van der Waals surface area contributed by atoms with E-state index < -0.39 is 17.4 Å². The average molecular weight is 240 g/mol. The number of carboxylic acids is 1. The predicted molar refractivity (Wildman–Crippen MR) is 59.7 cm³/mol. The van der Waals surface area contributed by atoms with Gasteiger partial charge in [-0.05, 0) is 19.8 Å². The van der Waals surface area contributed by atoms with Gasteiger partial charge in [-0.2, -0.15) is 0 Å². The number of aliphatic carboxylic acids is 1. The van der Waals surface area contributed by atoms with Crippen LogP contribution < -0.4 is 5.32 Å². The van der Waals surface area contributed by atoms with Crippen LogP contribution in [0.3, 0.4) is 0 Å². The summed E-state index contributed by atoms with van der Waals surface area (Å²) in [4.78, 5) is 23.0. The number of rotatable bonds is 5. The van der Waals surface area contributed by atoms with Gasteiger partial charge in [-0.15, -0.1) is 0 Å². The second kappa shape index (κ2) is 4.99. The number of aryl methyl sites for hydroxylation is 1. The van der Waals surface area contributed by atoms with Crippen LogP contribution in [0.15, 0.2) is 10.6 Å². The van der Waals surface area contributed by atoms with Crippen molar-refractivity contribution in [2.45, 2.75) is 39.2 Å². The number of amides is 1. The zero-order valence-corrected chi connectivity index (χ0v) is 10.1. The van der Waals surface area contributed by atoms with Gasteiger partial charge in [0.15, 0.2) is 5.69 Å². The summed E-state index contributed by atoms with van der Waals surface area (Å²) in [6, 6.07) is 1.47. The molecule has 1 amide bonds. The molecule has 0 bridgehead atoms. The van der Waals surface area contributed by atoms with E-state index in [9.17, 15) is 9.59 Å². The average Bonchev–Trinajstić information content (AvgIpc) is 2.72. The summed E-state index contributed by atoms with van der Waals surface area (Å²) < 4.78 is 4.77. The molecule has 0 saturated carbocycles. The van der Waals surface area contributed by atoms with Gasteiger partial charge in [0.05, 0.1) is 0 Å². The van der Waals surface area contributed by atoms with E-state index in [0.717, 1.165) is 0 Å². The van der Waals surface area contributed by atoms with Crippen LogP contribution >= 0.6 is 0 Å². The van der Waals surface area contributed by atoms with Gasteiger partial charge in [0.25, 0.3) is 5.91 Å². The molecule has 0 unspecified atom stereocenters. The first kappa shape index (κ1) is 13.2. The van der Waals surface area contributed by atoms with E-state index in [2.05, 4.69) is 10.5 Å². The molecule has 6 heteroatoms. The molecular formula is C11H16N2O4. The van der Waals surface area contributed by atoms with Crippen LogP contribution in [0.5, 0.6) is 0 Å². The van der Waals surface area contributed by atoms with Gasteiger partial charge >= 0.3 is 5.97 Å². The summed E-state index contributed by atoms with van der Waals surface area (Å²) in [5, 5.41) is 15.2. The molecule has 0 aromatic carbocycles. The van der Waals surface area contributed by atoms with E-state index in [1.54, 1.807) is 20.8 Å². The van der Waals surface area contributed by atoms with Crippen molar-refractivity contribution in [2.24, 2.45) is 0 Å². The number of nitrogens with zero attached hydrogens (tertiary/aromatic N) is 1. The van der Waals surface area contributed by atoms with Crippen LogP contribution in [0.1, 0.15) is 42.9 Å². The lowest BCUT2D eigenvalue weighted by molar-refractivity contribution is -0.144. The lowest BCUT2D eigenvalue weighted by atomic mass is 9.93. The fourth-order valence-corrected chi connectivity index (χ4v) is 1.54. The monoisotopic (exact) mass is 240 g/mol. The Morgan fingerprint density at radius 2 is 2.06 bits per heavy atom. The van der Waals surface area contributed by atoms with Crippen molar-refractivity contribution in [3.63, 3.8) is 0 Å². The van der Waals surface area contributed by atoms with Gasteiger partial charge in [0.1, 0.15) is 11.3 Å². The molecule has 0 spiro atoms. The minimum Gasteiger partial charge on any atom is -0.480 e. The molecule has 0 saturated heterocycles. The summed E-state index contributed by atoms with van der Waals surface area (Å²) >= 11 is 0. The fourth-order valence-electron chi connectivity index (χ4n) is 1.54. The van der Waals surface area contributed by atoms with E-state index in [1.807, 2.05) is 0 Å². The maximum Gasteiger partial charge on any atom is 0.329 e. The van der Waals surface area contributed by atoms with E-state index in [0.29, 0.717) is 18.6 Å². The number of hydrogen-bond donors (Lipinski definition) is 2. The first-order chi connectivity index (χ1) is 7.95. The molecule has 1 aromatic heterocycles. The summed E-state index contributed by atoms with van der Waals surface area (Å²) in [5.41, 5.74) is -1.15. The largest absolute Gasteiger partial charge is 0.480 e. The van der Waals surface area contributed by atoms with Crippen LogP contribution in [-0.2, 0) is 4.79 Å². The van der Waals surface area contributed by atoms with Crippen molar-refractivity contribution in [3.8, 4) is 0 Å². The van der Waals surface area contributed by atoms with Gasteiger partial charge in [-0.25, -0.2) is 4.79 Å². The molecule has 0 aliphatic rings. The highest BCUT2D eigenvalue weighted by Crippen LogP contribution is 2.16.